The van der Waals surface area contributed by atoms with Gasteiger partial charge in [-0.25, -0.2) is 0 Å². The largest absolute Gasteiger partial charge is 0.423 e. The number of Topliss-reactive ketones (excluding diaryl/α,β-unsaturated/α-hetero) is 1. The van der Waals surface area contributed by atoms with Gasteiger partial charge in [0.05, 0.1) is 5.56 Å². The summed E-state index contributed by atoms with van der Waals surface area (Å²) in [5.74, 6) is -0.0194. The Morgan fingerprint density at radius 2 is 2.06 bits per heavy atom. The molecule has 0 unspecified atom stereocenters. The lowest BCUT2D eigenvalue weighted by molar-refractivity contribution is 0.101. The van der Waals surface area contributed by atoms with Crippen LogP contribution in [0.15, 0.2) is 22.6 Å². The molecule has 0 saturated heterocycles. The van der Waals surface area contributed by atoms with E-state index >= 15 is 0 Å². The first kappa shape index (κ1) is 11.6. The average Bonchev–Trinajstić information content (AvgIpc) is 2.55. The van der Waals surface area contributed by atoms with E-state index in [0.717, 1.165) is 0 Å². The van der Waals surface area contributed by atoms with Crippen LogP contribution in [0.25, 0.3) is 11.1 Å². The van der Waals surface area contributed by atoms with Gasteiger partial charge < -0.3 is 9.73 Å². The lowest BCUT2D eigenvalue weighted by Crippen LogP contribution is -2.26. The van der Waals surface area contributed by atoms with Crippen molar-refractivity contribution in [1.82, 2.24) is 4.98 Å². The maximum absolute atomic E-state index is 11.4. The molecule has 0 radical (unpaired) electrons. The number of nitrogens with zero attached hydrogens (tertiary/aromatic N) is 1. The van der Waals surface area contributed by atoms with Crippen molar-refractivity contribution in [1.29, 1.82) is 0 Å². The lowest BCUT2D eigenvalue weighted by Gasteiger charge is -2.18. The Kier molecular flexibility index (Phi) is 2.65. The number of anilines is 1. The van der Waals surface area contributed by atoms with Crippen molar-refractivity contribution in [3.8, 4) is 0 Å². The first-order valence-corrected chi connectivity index (χ1v) is 5.55. The summed E-state index contributed by atoms with van der Waals surface area (Å²) >= 11 is 0. The number of carbonyl (C=O) groups is 1. The van der Waals surface area contributed by atoms with Crippen molar-refractivity contribution < 1.29 is 9.21 Å². The van der Waals surface area contributed by atoms with Crippen LogP contribution in [0.5, 0.6) is 0 Å². The monoisotopic (exact) mass is 232 g/mol. The zero-order valence-electron chi connectivity index (χ0n) is 10.5. The molecular formula is C13H16N2O2. The third kappa shape index (κ3) is 2.46. The average molecular weight is 232 g/mol. The molecule has 0 fully saturated rings. The molecular weight excluding hydrogens is 216 g/mol. The summed E-state index contributed by atoms with van der Waals surface area (Å²) in [6, 6.07) is 5.83. The van der Waals surface area contributed by atoms with Crippen LogP contribution in [-0.2, 0) is 0 Å². The van der Waals surface area contributed by atoms with Gasteiger partial charge >= 0.3 is 0 Å². The van der Waals surface area contributed by atoms with E-state index in [1.165, 1.54) is 6.92 Å². The zero-order chi connectivity index (χ0) is 12.6. The van der Waals surface area contributed by atoms with Gasteiger partial charge in [-0.15, -0.1) is 0 Å². The smallest absolute Gasteiger partial charge is 0.296 e. The summed E-state index contributed by atoms with van der Waals surface area (Å²) in [5, 5.41) is 3.15. The van der Waals surface area contributed by atoms with Crippen LogP contribution in [0.4, 0.5) is 6.01 Å². The van der Waals surface area contributed by atoms with Crippen LogP contribution < -0.4 is 5.32 Å². The molecule has 2 rings (SSSR count). The molecule has 0 aliphatic carbocycles. The first-order valence-electron chi connectivity index (χ1n) is 5.55. The minimum atomic E-state index is -0.128. The Balaban J connectivity index is 2.50. The molecule has 0 spiro atoms. The second-order valence-electron chi connectivity index (χ2n) is 5.10. The Bertz CT molecular complexity index is 564. The predicted octanol–water partition coefficient (Wildman–Crippen LogP) is 3.24. The molecule has 0 saturated carbocycles. The van der Waals surface area contributed by atoms with Gasteiger partial charge in [0.25, 0.3) is 6.01 Å². The molecule has 4 nitrogen and oxygen atoms in total. The normalized spacial score (nSPS) is 11.8. The standard InChI is InChI=1S/C13H16N2O2/c1-8(16)9-6-5-7-10-11(9)17-12(14-10)15-13(2,3)4/h5-7H,1-4H3,(H,14,15). The SMILES string of the molecule is CC(=O)c1cccc2nc(NC(C)(C)C)oc12. The third-order valence-electron chi connectivity index (χ3n) is 2.28. The number of para-hydroxylation sites is 1. The molecule has 1 heterocycles. The quantitative estimate of drug-likeness (QED) is 0.807. The molecule has 0 aliphatic rings. The second-order valence-corrected chi connectivity index (χ2v) is 5.10. The van der Waals surface area contributed by atoms with E-state index < -0.39 is 0 Å². The number of aromatic nitrogens is 1. The topological polar surface area (TPSA) is 55.1 Å². The molecule has 0 bridgehead atoms. The summed E-state index contributed by atoms with van der Waals surface area (Å²) in [6.07, 6.45) is 0. The van der Waals surface area contributed by atoms with E-state index in [4.69, 9.17) is 4.42 Å². The van der Waals surface area contributed by atoms with E-state index in [1.807, 2.05) is 32.9 Å². The van der Waals surface area contributed by atoms with E-state index in [0.29, 0.717) is 22.7 Å². The fraction of sp³-hybridized carbons (Fsp3) is 0.385. The summed E-state index contributed by atoms with van der Waals surface area (Å²) in [5.41, 5.74) is 1.69. The highest BCUT2D eigenvalue weighted by molar-refractivity contribution is 6.04. The Morgan fingerprint density at radius 1 is 1.35 bits per heavy atom. The lowest BCUT2D eigenvalue weighted by atomic mass is 10.1. The van der Waals surface area contributed by atoms with Gasteiger partial charge in [0.1, 0.15) is 5.52 Å². The van der Waals surface area contributed by atoms with Crippen LogP contribution in [-0.4, -0.2) is 16.3 Å². The molecule has 0 atom stereocenters. The fourth-order valence-electron chi connectivity index (χ4n) is 1.60. The van der Waals surface area contributed by atoms with Gasteiger partial charge in [-0.2, -0.15) is 4.98 Å². The van der Waals surface area contributed by atoms with Gasteiger partial charge in [-0.05, 0) is 39.8 Å². The Labute approximate surface area is 100 Å². The molecule has 1 N–H and O–H groups in total. The van der Waals surface area contributed by atoms with Crippen LogP contribution in [0.3, 0.4) is 0 Å². The van der Waals surface area contributed by atoms with Gasteiger partial charge in [0.15, 0.2) is 11.4 Å². The highest BCUT2D eigenvalue weighted by Gasteiger charge is 2.16. The first-order chi connectivity index (χ1) is 7.87. The summed E-state index contributed by atoms with van der Waals surface area (Å²) in [6.45, 7) is 7.59. The number of nitrogens with one attached hydrogen (secondary N) is 1. The van der Waals surface area contributed by atoms with Crippen LogP contribution in [0.1, 0.15) is 38.1 Å². The van der Waals surface area contributed by atoms with E-state index in [1.54, 1.807) is 6.07 Å². The molecule has 1 aromatic heterocycles. The van der Waals surface area contributed by atoms with Gasteiger partial charge in [-0.1, -0.05) is 6.07 Å². The number of oxazole rings is 1. The summed E-state index contributed by atoms with van der Waals surface area (Å²) in [4.78, 5) is 15.8. The molecule has 0 aliphatic heterocycles. The molecule has 2 aromatic rings. The highest BCUT2D eigenvalue weighted by atomic mass is 16.4. The maximum Gasteiger partial charge on any atom is 0.296 e. The number of hydrogen-bond donors (Lipinski definition) is 1. The fourth-order valence-corrected chi connectivity index (χ4v) is 1.60. The molecule has 1 aromatic carbocycles. The third-order valence-corrected chi connectivity index (χ3v) is 2.28. The molecule has 4 heteroatoms. The van der Waals surface area contributed by atoms with Crippen molar-refractivity contribution in [2.45, 2.75) is 33.2 Å². The van der Waals surface area contributed by atoms with Gasteiger partial charge in [-0.3, -0.25) is 4.79 Å². The Morgan fingerprint density at radius 3 is 2.65 bits per heavy atom. The van der Waals surface area contributed by atoms with Crippen LogP contribution in [0, 0.1) is 0 Å². The van der Waals surface area contributed by atoms with Crippen LogP contribution in [0.2, 0.25) is 0 Å². The molecule has 90 valence electrons. The van der Waals surface area contributed by atoms with Crippen molar-refractivity contribution in [3.05, 3.63) is 23.8 Å². The number of fused-ring (bicyclic) bond motifs is 1. The number of ketones is 1. The highest BCUT2D eigenvalue weighted by Crippen LogP contribution is 2.24. The second kappa shape index (κ2) is 3.87. The van der Waals surface area contributed by atoms with Crippen molar-refractivity contribution >= 4 is 22.9 Å². The van der Waals surface area contributed by atoms with Crippen LogP contribution >= 0.6 is 0 Å². The zero-order valence-corrected chi connectivity index (χ0v) is 10.5. The number of carbonyl (C=O) groups excluding carboxylic acids is 1. The molecule has 0 amide bonds. The summed E-state index contributed by atoms with van der Waals surface area (Å²) in [7, 11) is 0. The van der Waals surface area contributed by atoms with E-state index in [9.17, 15) is 4.79 Å². The van der Waals surface area contributed by atoms with Crippen molar-refractivity contribution in [3.63, 3.8) is 0 Å². The van der Waals surface area contributed by atoms with Crippen molar-refractivity contribution in [2.75, 3.05) is 5.32 Å². The van der Waals surface area contributed by atoms with E-state index in [-0.39, 0.29) is 11.3 Å². The predicted molar refractivity (Wildman–Crippen MR) is 67.4 cm³/mol. The van der Waals surface area contributed by atoms with E-state index in [2.05, 4.69) is 10.3 Å². The van der Waals surface area contributed by atoms with Gasteiger partial charge in [0.2, 0.25) is 0 Å². The Hall–Kier alpha value is -1.84. The number of rotatable bonds is 2. The minimum Gasteiger partial charge on any atom is -0.423 e. The minimum absolute atomic E-state index is 0.0194. The summed E-state index contributed by atoms with van der Waals surface area (Å²) < 4.78 is 5.59. The molecule has 17 heavy (non-hydrogen) atoms. The number of hydrogen-bond acceptors (Lipinski definition) is 4. The van der Waals surface area contributed by atoms with Gasteiger partial charge in [0, 0.05) is 5.54 Å². The van der Waals surface area contributed by atoms with Crippen molar-refractivity contribution in [2.24, 2.45) is 0 Å². The maximum atomic E-state index is 11.4. The number of benzene rings is 1.